The first-order valence-electron chi connectivity index (χ1n) is 18.2. The van der Waals surface area contributed by atoms with E-state index < -0.39 is 5.54 Å². The van der Waals surface area contributed by atoms with Crippen molar-refractivity contribution >= 4 is 33.5 Å². The van der Waals surface area contributed by atoms with Crippen LogP contribution < -0.4 is 10.2 Å². The number of anilines is 4. The number of fused-ring (bicyclic) bond motifs is 5. The lowest BCUT2D eigenvalue weighted by atomic mass is 9.68. The third-order valence-corrected chi connectivity index (χ3v) is 10.6. The zero-order valence-corrected chi connectivity index (χ0v) is 30.0. The maximum absolute atomic E-state index is 15.2. The highest BCUT2D eigenvalue weighted by atomic mass is 19.1. The Bertz CT molecular complexity index is 2390. The van der Waals surface area contributed by atoms with E-state index in [9.17, 15) is 4.39 Å². The lowest BCUT2D eigenvalue weighted by Gasteiger charge is -2.43. The Morgan fingerprint density at radius 3 is 1.85 bits per heavy atom. The highest BCUT2D eigenvalue weighted by Crippen LogP contribution is 2.52. The molecule has 0 saturated heterocycles. The molecule has 0 aromatic heterocycles. The Labute approximate surface area is 305 Å². The highest BCUT2D eigenvalue weighted by molar-refractivity contribution is 6.05. The Kier molecular flexibility index (Phi) is 8.63. The summed E-state index contributed by atoms with van der Waals surface area (Å²) in [6, 6.07) is 50.3. The van der Waals surface area contributed by atoms with Gasteiger partial charge in [0.2, 0.25) is 0 Å². The van der Waals surface area contributed by atoms with Crippen LogP contribution >= 0.6 is 0 Å². The van der Waals surface area contributed by atoms with Crippen molar-refractivity contribution in [3.05, 3.63) is 191 Å². The monoisotopic (exact) mass is 684 g/mol. The molecule has 7 aromatic rings. The van der Waals surface area contributed by atoms with Gasteiger partial charge in [-0.25, -0.2) is 8.78 Å². The van der Waals surface area contributed by atoms with Crippen LogP contribution in [0.5, 0.6) is 0 Å². The maximum Gasteiger partial charge on any atom is 0.125 e. The second-order valence-corrected chi connectivity index (χ2v) is 14.6. The summed E-state index contributed by atoms with van der Waals surface area (Å²) in [6.07, 6.45) is 0.582. The molecule has 1 unspecified atom stereocenters. The second-order valence-electron chi connectivity index (χ2n) is 14.6. The van der Waals surface area contributed by atoms with Crippen molar-refractivity contribution < 1.29 is 8.78 Å². The minimum atomic E-state index is -0.774. The van der Waals surface area contributed by atoms with Crippen molar-refractivity contribution in [2.75, 3.05) is 10.2 Å². The fourth-order valence-corrected chi connectivity index (χ4v) is 7.93. The first kappa shape index (κ1) is 33.4. The number of halogens is 2. The Morgan fingerprint density at radius 2 is 1.17 bits per heavy atom. The van der Waals surface area contributed by atoms with Crippen LogP contribution in [0.25, 0.3) is 21.9 Å². The Morgan fingerprint density at radius 1 is 0.558 bits per heavy atom. The Balaban J connectivity index is 1.39. The van der Waals surface area contributed by atoms with Crippen LogP contribution in [0.2, 0.25) is 0 Å². The van der Waals surface area contributed by atoms with Gasteiger partial charge in [-0.2, -0.15) is 0 Å². The number of nitrogens with zero attached hydrogens (tertiary/aromatic N) is 1. The molecule has 0 amide bonds. The van der Waals surface area contributed by atoms with E-state index in [0.29, 0.717) is 18.3 Å². The average Bonchev–Trinajstić information content (AvgIpc) is 3.16. The fourth-order valence-electron chi connectivity index (χ4n) is 7.93. The van der Waals surface area contributed by atoms with Crippen molar-refractivity contribution in [3.63, 3.8) is 0 Å². The van der Waals surface area contributed by atoms with Crippen LogP contribution in [0.15, 0.2) is 152 Å². The summed E-state index contributed by atoms with van der Waals surface area (Å²) < 4.78 is 30.2. The van der Waals surface area contributed by atoms with E-state index >= 15 is 4.39 Å². The molecule has 258 valence electrons. The molecule has 1 aliphatic rings. The Hall–Kier alpha value is -5.74. The van der Waals surface area contributed by atoms with Crippen molar-refractivity contribution in [3.8, 4) is 11.1 Å². The van der Waals surface area contributed by atoms with E-state index in [4.69, 9.17) is 0 Å². The molecule has 1 atom stereocenters. The predicted molar refractivity (Wildman–Crippen MR) is 213 cm³/mol. The number of hydrogen-bond acceptors (Lipinski definition) is 2. The summed E-state index contributed by atoms with van der Waals surface area (Å²) in [6.45, 7) is 8.77. The number of hydrogen-bond donors (Lipinski definition) is 1. The van der Waals surface area contributed by atoms with Gasteiger partial charge in [0.1, 0.15) is 11.6 Å². The molecule has 8 rings (SSSR count). The molecule has 0 heterocycles. The standard InChI is InChI=1S/C48H42F2N2/c1-31(2)33-19-23-38(24-20-33)51-48(35-11-9-12-36(49)27-35)30-45-41-15-5-6-17-43(41)47(29-44(45)42-16-7-8-18-46(42)48)52(40-14-10-13-37(50)28-40)39-25-21-34(22-26-39)32(3)4/h5-29,31-32,51H,30H2,1-4H3. The summed E-state index contributed by atoms with van der Waals surface area (Å²) in [5.74, 6) is 0.236. The molecule has 0 spiro atoms. The van der Waals surface area contributed by atoms with Gasteiger partial charge in [-0.05, 0) is 117 Å². The smallest absolute Gasteiger partial charge is 0.125 e. The molecule has 1 aliphatic carbocycles. The molecule has 2 nitrogen and oxygen atoms in total. The normalized spacial score (nSPS) is 15.1. The minimum Gasteiger partial charge on any atom is -0.371 e. The average molecular weight is 685 g/mol. The van der Waals surface area contributed by atoms with E-state index in [1.165, 1.54) is 28.8 Å². The SMILES string of the molecule is CC(C)c1ccc(NC2(c3cccc(F)c3)Cc3c(cc(N(c4ccc(C(C)C)cc4)c4cccc(F)c4)c4ccccc34)-c3ccccc32)cc1. The van der Waals surface area contributed by atoms with E-state index in [0.717, 1.165) is 55.8 Å². The summed E-state index contributed by atoms with van der Waals surface area (Å²) in [7, 11) is 0. The maximum atomic E-state index is 15.2. The zero-order valence-electron chi connectivity index (χ0n) is 30.0. The van der Waals surface area contributed by atoms with Crippen LogP contribution in [0.4, 0.5) is 31.5 Å². The molecule has 0 bridgehead atoms. The summed E-state index contributed by atoms with van der Waals surface area (Å²) in [5.41, 5.74) is 10.6. The quantitative estimate of drug-likeness (QED) is 0.171. The van der Waals surface area contributed by atoms with Crippen molar-refractivity contribution in [2.24, 2.45) is 0 Å². The van der Waals surface area contributed by atoms with E-state index in [-0.39, 0.29) is 11.6 Å². The molecule has 52 heavy (non-hydrogen) atoms. The topological polar surface area (TPSA) is 15.3 Å². The molecule has 0 aliphatic heterocycles. The lowest BCUT2D eigenvalue weighted by molar-refractivity contribution is 0.567. The number of rotatable bonds is 8. The summed E-state index contributed by atoms with van der Waals surface area (Å²) in [5, 5.41) is 6.10. The van der Waals surface area contributed by atoms with Gasteiger partial charge in [0.25, 0.3) is 0 Å². The van der Waals surface area contributed by atoms with Gasteiger partial charge < -0.3 is 10.2 Å². The van der Waals surface area contributed by atoms with Crippen LogP contribution in [0, 0.1) is 11.6 Å². The van der Waals surface area contributed by atoms with Crippen LogP contribution in [-0.4, -0.2) is 0 Å². The van der Waals surface area contributed by atoms with Crippen LogP contribution in [0.1, 0.15) is 67.3 Å². The second kappa shape index (κ2) is 13.4. The molecular formula is C48H42F2N2. The van der Waals surface area contributed by atoms with E-state index in [1.54, 1.807) is 24.3 Å². The fraction of sp³-hybridized carbons (Fsp3) is 0.167. The van der Waals surface area contributed by atoms with Gasteiger partial charge in [-0.1, -0.05) is 119 Å². The third-order valence-electron chi connectivity index (χ3n) is 10.6. The van der Waals surface area contributed by atoms with Gasteiger partial charge in [0, 0.05) is 28.9 Å². The van der Waals surface area contributed by atoms with Gasteiger partial charge in [-0.15, -0.1) is 0 Å². The van der Waals surface area contributed by atoms with Crippen molar-refractivity contribution in [1.29, 1.82) is 0 Å². The molecule has 4 heteroatoms. The van der Waals surface area contributed by atoms with Gasteiger partial charge >= 0.3 is 0 Å². The van der Waals surface area contributed by atoms with E-state index in [2.05, 4.69) is 141 Å². The largest absolute Gasteiger partial charge is 0.371 e. The first-order chi connectivity index (χ1) is 25.2. The van der Waals surface area contributed by atoms with E-state index in [1.807, 2.05) is 12.1 Å². The molecular weight excluding hydrogens is 643 g/mol. The molecule has 1 N–H and O–H groups in total. The number of nitrogens with one attached hydrogen (secondary N) is 1. The summed E-state index contributed by atoms with van der Waals surface area (Å²) in [4.78, 5) is 2.17. The van der Waals surface area contributed by atoms with Gasteiger partial charge in [0.15, 0.2) is 0 Å². The zero-order chi connectivity index (χ0) is 36.0. The highest BCUT2D eigenvalue weighted by Gasteiger charge is 2.42. The minimum absolute atomic E-state index is 0.272. The molecule has 0 saturated carbocycles. The molecule has 7 aromatic carbocycles. The van der Waals surface area contributed by atoms with Crippen molar-refractivity contribution in [1.82, 2.24) is 0 Å². The molecule has 0 fully saturated rings. The number of benzene rings is 7. The van der Waals surface area contributed by atoms with Crippen LogP contribution in [-0.2, 0) is 12.0 Å². The summed E-state index contributed by atoms with van der Waals surface area (Å²) >= 11 is 0. The van der Waals surface area contributed by atoms with Gasteiger partial charge in [0.05, 0.1) is 11.2 Å². The molecule has 0 radical (unpaired) electrons. The predicted octanol–water partition coefficient (Wildman–Crippen LogP) is 13.4. The lowest BCUT2D eigenvalue weighted by Crippen LogP contribution is -2.41. The van der Waals surface area contributed by atoms with Crippen LogP contribution in [0.3, 0.4) is 0 Å². The van der Waals surface area contributed by atoms with Gasteiger partial charge in [-0.3, -0.25) is 0 Å². The third kappa shape index (κ3) is 5.92. The van der Waals surface area contributed by atoms with Crippen molar-refractivity contribution in [2.45, 2.75) is 51.5 Å². The first-order valence-corrected chi connectivity index (χ1v) is 18.2.